The summed E-state index contributed by atoms with van der Waals surface area (Å²) >= 11 is 0. The standard InChI is InChI=1S/C18H25NO2/c20-16-2-1-13(17(21)10-16)3-4-19-18-14-6-11-5-12(8-14)9-15(18)7-11/h1-2,10-12,14-15,18-21H,3-9H2. The molecule has 4 aliphatic carbocycles. The summed E-state index contributed by atoms with van der Waals surface area (Å²) in [6.07, 6.45) is 8.09. The van der Waals surface area contributed by atoms with Crippen molar-refractivity contribution < 1.29 is 10.2 Å². The molecule has 0 unspecified atom stereocenters. The maximum Gasteiger partial charge on any atom is 0.122 e. The molecule has 3 heteroatoms. The van der Waals surface area contributed by atoms with E-state index in [-0.39, 0.29) is 11.5 Å². The molecule has 0 saturated heterocycles. The molecule has 3 nitrogen and oxygen atoms in total. The number of aromatic hydroxyl groups is 2. The fourth-order valence-electron chi connectivity index (χ4n) is 5.40. The van der Waals surface area contributed by atoms with Gasteiger partial charge in [0.15, 0.2) is 0 Å². The van der Waals surface area contributed by atoms with Gasteiger partial charge in [0.2, 0.25) is 0 Å². The number of hydrogen-bond donors (Lipinski definition) is 3. The third kappa shape index (κ3) is 2.52. The highest BCUT2D eigenvalue weighted by Crippen LogP contribution is 2.53. The normalized spacial score (nSPS) is 37.0. The van der Waals surface area contributed by atoms with Crippen LogP contribution in [0.25, 0.3) is 0 Å². The molecule has 0 radical (unpaired) electrons. The molecule has 0 amide bonds. The van der Waals surface area contributed by atoms with E-state index in [0.717, 1.165) is 42.2 Å². The van der Waals surface area contributed by atoms with Crippen LogP contribution < -0.4 is 5.32 Å². The van der Waals surface area contributed by atoms with Gasteiger partial charge in [-0.2, -0.15) is 0 Å². The van der Waals surface area contributed by atoms with Gasteiger partial charge in [-0.1, -0.05) is 6.07 Å². The largest absolute Gasteiger partial charge is 0.508 e. The Morgan fingerprint density at radius 2 is 1.62 bits per heavy atom. The molecule has 0 aliphatic heterocycles. The van der Waals surface area contributed by atoms with Crippen molar-refractivity contribution in [3.63, 3.8) is 0 Å². The predicted molar refractivity (Wildman–Crippen MR) is 82.3 cm³/mol. The van der Waals surface area contributed by atoms with Gasteiger partial charge in [-0.3, -0.25) is 0 Å². The van der Waals surface area contributed by atoms with Gasteiger partial charge >= 0.3 is 0 Å². The second-order valence-corrected chi connectivity index (χ2v) is 7.47. The van der Waals surface area contributed by atoms with Crippen molar-refractivity contribution in [2.24, 2.45) is 23.7 Å². The van der Waals surface area contributed by atoms with Crippen molar-refractivity contribution in [2.45, 2.75) is 44.6 Å². The van der Waals surface area contributed by atoms with Crippen molar-refractivity contribution in [2.75, 3.05) is 6.54 Å². The van der Waals surface area contributed by atoms with Crippen LogP contribution in [-0.2, 0) is 6.42 Å². The lowest BCUT2D eigenvalue weighted by Gasteiger charge is -2.54. The zero-order chi connectivity index (χ0) is 14.4. The van der Waals surface area contributed by atoms with Gasteiger partial charge in [-0.25, -0.2) is 0 Å². The fraction of sp³-hybridized carbons (Fsp3) is 0.667. The molecule has 114 valence electrons. The molecule has 3 N–H and O–H groups in total. The van der Waals surface area contributed by atoms with Crippen LogP contribution in [0.1, 0.15) is 37.7 Å². The zero-order valence-corrected chi connectivity index (χ0v) is 12.5. The van der Waals surface area contributed by atoms with Gasteiger partial charge < -0.3 is 15.5 Å². The van der Waals surface area contributed by atoms with Crippen LogP contribution in [0.4, 0.5) is 0 Å². The van der Waals surface area contributed by atoms with Gasteiger partial charge in [0.1, 0.15) is 11.5 Å². The topological polar surface area (TPSA) is 52.5 Å². The number of rotatable bonds is 4. The second-order valence-electron chi connectivity index (χ2n) is 7.47. The molecular formula is C18H25NO2. The van der Waals surface area contributed by atoms with Crippen LogP contribution in [0.3, 0.4) is 0 Å². The first kappa shape index (κ1) is 13.4. The monoisotopic (exact) mass is 287 g/mol. The van der Waals surface area contributed by atoms with E-state index in [9.17, 15) is 10.2 Å². The minimum atomic E-state index is 0.130. The van der Waals surface area contributed by atoms with E-state index in [2.05, 4.69) is 5.32 Å². The van der Waals surface area contributed by atoms with Crippen LogP contribution in [0.15, 0.2) is 18.2 Å². The molecule has 5 rings (SSSR count). The second kappa shape index (κ2) is 5.20. The first-order valence-corrected chi connectivity index (χ1v) is 8.43. The Morgan fingerprint density at radius 1 is 0.952 bits per heavy atom. The molecule has 4 saturated carbocycles. The van der Waals surface area contributed by atoms with Gasteiger partial charge in [0, 0.05) is 12.1 Å². The molecule has 1 aromatic rings. The van der Waals surface area contributed by atoms with E-state index in [0.29, 0.717) is 6.04 Å². The Kier molecular flexibility index (Phi) is 3.33. The van der Waals surface area contributed by atoms with Crippen molar-refractivity contribution in [3.05, 3.63) is 23.8 Å². The van der Waals surface area contributed by atoms with Gasteiger partial charge in [0.25, 0.3) is 0 Å². The summed E-state index contributed by atoms with van der Waals surface area (Å²) in [7, 11) is 0. The maximum absolute atomic E-state index is 9.84. The van der Waals surface area contributed by atoms with Gasteiger partial charge in [0.05, 0.1) is 0 Å². The summed E-state index contributed by atoms with van der Waals surface area (Å²) in [6, 6.07) is 5.61. The summed E-state index contributed by atoms with van der Waals surface area (Å²) in [5.74, 6) is 4.18. The Balaban J connectivity index is 1.35. The van der Waals surface area contributed by atoms with Gasteiger partial charge in [-0.05, 0) is 80.4 Å². The smallest absolute Gasteiger partial charge is 0.122 e. The summed E-state index contributed by atoms with van der Waals surface area (Å²) in [6.45, 7) is 0.922. The minimum Gasteiger partial charge on any atom is -0.508 e. The van der Waals surface area contributed by atoms with E-state index in [1.807, 2.05) is 6.07 Å². The number of phenolic OH excluding ortho intramolecular Hbond substituents is 2. The van der Waals surface area contributed by atoms with Gasteiger partial charge in [-0.15, -0.1) is 0 Å². The molecule has 0 spiro atoms. The minimum absolute atomic E-state index is 0.130. The molecule has 21 heavy (non-hydrogen) atoms. The van der Waals surface area contributed by atoms with Crippen LogP contribution in [0.5, 0.6) is 11.5 Å². The molecule has 0 atom stereocenters. The van der Waals surface area contributed by atoms with E-state index < -0.39 is 0 Å². The number of benzene rings is 1. The average molecular weight is 287 g/mol. The summed E-state index contributed by atoms with van der Waals surface area (Å²) in [5, 5.41) is 23.0. The highest BCUT2D eigenvalue weighted by atomic mass is 16.3. The van der Waals surface area contributed by atoms with E-state index >= 15 is 0 Å². The van der Waals surface area contributed by atoms with Crippen LogP contribution >= 0.6 is 0 Å². The molecule has 4 fully saturated rings. The fourth-order valence-corrected chi connectivity index (χ4v) is 5.40. The number of hydrogen-bond acceptors (Lipinski definition) is 3. The lowest BCUT2D eigenvalue weighted by Crippen LogP contribution is -2.54. The molecule has 0 heterocycles. The van der Waals surface area contributed by atoms with Crippen LogP contribution in [0, 0.1) is 23.7 Å². The predicted octanol–water partition coefficient (Wildman–Crippen LogP) is 3.05. The molecule has 0 aromatic heterocycles. The Labute approximate surface area is 126 Å². The first-order chi connectivity index (χ1) is 10.2. The van der Waals surface area contributed by atoms with E-state index in [1.54, 1.807) is 6.07 Å². The average Bonchev–Trinajstić information content (AvgIpc) is 2.43. The Hall–Kier alpha value is -1.22. The van der Waals surface area contributed by atoms with Crippen molar-refractivity contribution in [3.8, 4) is 11.5 Å². The summed E-state index contributed by atoms with van der Waals surface area (Å²) < 4.78 is 0. The Bertz CT molecular complexity index is 500. The molecule has 4 aliphatic rings. The SMILES string of the molecule is Oc1ccc(CCNC2C3CC4CC(C3)CC2C4)c(O)c1. The lowest BCUT2D eigenvalue weighted by molar-refractivity contribution is -0.0133. The molecule has 4 bridgehead atoms. The van der Waals surface area contributed by atoms with Crippen molar-refractivity contribution >= 4 is 0 Å². The summed E-state index contributed by atoms with van der Waals surface area (Å²) in [4.78, 5) is 0. The van der Waals surface area contributed by atoms with Crippen LogP contribution in [0.2, 0.25) is 0 Å². The molecule has 1 aromatic carbocycles. The zero-order valence-electron chi connectivity index (χ0n) is 12.5. The summed E-state index contributed by atoms with van der Waals surface area (Å²) in [5.41, 5.74) is 0.920. The highest BCUT2D eigenvalue weighted by molar-refractivity contribution is 5.39. The van der Waals surface area contributed by atoms with E-state index in [4.69, 9.17) is 0 Å². The Morgan fingerprint density at radius 3 is 2.24 bits per heavy atom. The lowest BCUT2D eigenvalue weighted by atomic mass is 9.54. The van der Waals surface area contributed by atoms with Crippen LogP contribution in [-0.4, -0.2) is 22.8 Å². The van der Waals surface area contributed by atoms with E-state index in [1.165, 1.54) is 38.2 Å². The quantitative estimate of drug-likeness (QED) is 0.798. The first-order valence-electron chi connectivity index (χ1n) is 8.43. The number of nitrogens with one attached hydrogen (secondary N) is 1. The third-order valence-corrected chi connectivity index (χ3v) is 6.07. The van der Waals surface area contributed by atoms with Crippen molar-refractivity contribution in [1.29, 1.82) is 0 Å². The highest BCUT2D eigenvalue weighted by Gasteiger charge is 2.47. The molecular weight excluding hydrogens is 262 g/mol. The van der Waals surface area contributed by atoms with Crippen molar-refractivity contribution in [1.82, 2.24) is 5.32 Å². The third-order valence-electron chi connectivity index (χ3n) is 6.07. The maximum atomic E-state index is 9.84. The number of phenols is 2.